The van der Waals surface area contributed by atoms with Gasteiger partial charge in [-0.05, 0) is 103 Å². The Labute approximate surface area is 287 Å². The van der Waals surface area contributed by atoms with Crippen LogP contribution in [0.15, 0.2) is 96.1 Å². The number of rotatable bonds is 8. The molecule has 4 aromatic rings. The van der Waals surface area contributed by atoms with Gasteiger partial charge < -0.3 is 0 Å². The van der Waals surface area contributed by atoms with Gasteiger partial charge in [-0.2, -0.15) is 0 Å². The highest BCUT2D eigenvalue weighted by Crippen LogP contribution is 2.53. The molecule has 0 aliphatic heterocycles. The number of fused-ring (bicyclic) bond motifs is 2. The van der Waals surface area contributed by atoms with Crippen LogP contribution in [0.25, 0.3) is 32.6 Å². The lowest BCUT2D eigenvalue weighted by molar-refractivity contribution is 0.590. The van der Waals surface area contributed by atoms with Crippen molar-refractivity contribution in [2.45, 2.75) is 118 Å². The van der Waals surface area contributed by atoms with Gasteiger partial charge in [-0.25, -0.2) is 0 Å². The molecule has 0 amide bonds. The summed E-state index contributed by atoms with van der Waals surface area (Å²) in [7, 11) is -2.19. The van der Waals surface area contributed by atoms with E-state index in [-0.39, 0.29) is 10.8 Å². The van der Waals surface area contributed by atoms with Crippen molar-refractivity contribution in [3.63, 3.8) is 0 Å². The van der Waals surface area contributed by atoms with Crippen LogP contribution in [0.3, 0.4) is 0 Å². The molecular weight excluding hydrogens is 581 g/mol. The van der Waals surface area contributed by atoms with E-state index in [2.05, 4.69) is 153 Å². The lowest BCUT2D eigenvalue weighted by Crippen LogP contribution is -2.32. The van der Waals surface area contributed by atoms with Crippen LogP contribution in [0.4, 0.5) is 0 Å². The highest BCUT2D eigenvalue weighted by Gasteiger charge is 2.43. The molecule has 0 N–H and O–H groups in total. The maximum atomic E-state index is 2.69. The predicted molar refractivity (Wildman–Crippen MR) is 210 cm³/mol. The maximum Gasteiger partial charge on any atom is 0.113 e. The average Bonchev–Trinajstić information content (AvgIpc) is 3.59. The molecular formula is C46H56Si. The van der Waals surface area contributed by atoms with E-state index in [0.717, 1.165) is 12.8 Å². The van der Waals surface area contributed by atoms with E-state index < -0.39 is 8.07 Å². The highest BCUT2D eigenvalue weighted by molar-refractivity contribution is 7.09. The van der Waals surface area contributed by atoms with Gasteiger partial charge in [0.15, 0.2) is 0 Å². The van der Waals surface area contributed by atoms with Gasteiger partial charge in [0.05, 0.1) is 0 Å². The molecule has 0 spiro atoms. The molecule has 0 aromatic heterocycles. The summed E-state index contributed by atoms with van der Waals surface area (Å²) in [5, 5.41) is 3.44. The third-order valence-corrected chi connectivity index (χ3v) is 14.5. The van der Waals surface area contributed by atoms with E-state index in [9.17, 15) is 0 Å². The largest absolute Gasteiger partial charge is 0.113 e. The Morgan fingerprint density at radius 3 is 1.19 bits per heavy atom. The van der Waals surface area contributed by atoms with Crippen LogP contribution in [0.1, 0.15) is 114 Å². The monoisotopic (exact) mass is 636 g/mol. The van der Waals surface area contributed by atoms with Gasteiger partial charge in [-0.15, -0.1) is 0 Å². The lowest BCUT2D eigenvalue weighted by atomic mass is 9.86. The van der Waals surface area contributed by atoms with Crippen molar-refractivity contribution < 1.29 is 0 Å². The van der Waals surface area contributed by atoms with Crippen LogP contribution < -0.4 is 0 Å². The molecule has 4 aromatic carbocycles. The second kappa shape index (κ2) is 12.6. The molecule has 0 saturated carbocycles. The van der Waals surface area contributed by atoms with Crippen LogP contribution in [-0.4, -0.2) is 8.07 Å². The molecule has 1 heteroatoms. The molecule has 2 aliphatic carbocycles. The molecule has 244 valence electrons. The van der Waals surface area contributed by atoms with E-state index >= 15 is 0 Å². The van der Waals surface area contributed by atoms with Crippen LogP contribution in [0.5, 0.6) is 0 Å². The van der Waals surface area contributed by atoms with E-state index in [1.54, 1.807) is 32.7 Å². The van der Waals surface area contributed by atoms with Crippen molar-refractivity contribution in [3.8, 4) is 22.3 Å². The van der Waals surface area contributed by atoms with Crippen LogP contribution >= 0.6 is 0 Å². The van der Waals surface area contributed by atoms with Gasteiger partial charge in [0.2, 0.25) is 0 Å². The van der Waals surface area contributed by atoms with Crippen molar-refractivity contribution in [1.29, 1.82) is 0 Å². The third-order valence-electron chi connectivity index (χ3n) is 10.8. The molecule has 0 unspecified atom stereocenters. The number of benzene rings is 4. The Hall–Kier alpha value is -3.42. The van der Waals surface area contributed by atoms with Gasteiger partial charge in [0, 0.05) is 0 Å². The summed E-state index contributed by atoms with van der Waals surface area (Å²) in [5.41, 5.74) is 18.2. The molecule has 6 rings (SSSR count). The molecule has 47 heavy (non-hydrogen) atoms. The Balaban J connectivity index is 1.55. The van der Waals surface area contributed by atoms with Crippen molar-refractivity contribution in [1.82, 2.24) is 0 Å². The van der Waals surface area contributed by atoms with Gasteiger partial charge >= 0.3 is 0 Å². The topological polar surface area (TPSA) is 0 Å². The zero-order valence-corrected chi connectivity index (χ0v) is 31.8. The first-order chi connectivity index (χ1) is 22.3. The predicted octanol–water partition coefficient (Wildman–Crippen LogP) is 13.3. The maximum absolute atomic E-state index is 2.69. The summed E-state index contributed by atoms with van der Waals surface area (Å²) in [6.07, 6.45) is 6.94. The van der Waals surface area contributed by atoms with Gasteiger partial charge in [-0.1, -0.05) is 177 Å². The van der Waals surface area contributed by atoms with E-state index in [1.807, 2.05) is 0 Å². The molecule has 0 nitrogen and oxygen atoms in total. The fourth-order valence-electron chi connectivity index (χ4n) is 8.52. The summed E-state index contributed by atoms with van der Waals surface area (Å²) in [6, 6.07) is 33.2. The summed E-state index contributed by atoms with van der Waals surface area (Å²) in [5.74, 6) is 0. The molecule has 0 saturated heterocycles. The molecule has 0 bridgehead atoms. The minimum absolute atomic E-state index is 0.147. The fraction of sp³-hybridized carbons (Fsp3) is 0.391. The van der Waals surface area contributed by atoms with Gasteiger partial charge in [0.1, 0.15) is 8.07 Å². The molecule has 0 atom stereocenters. The molecule has 2 aliphatic rings. The second-order valence-corrected chi connectivity index (χ2v) is 21.0. The molecule has 0 heterocycles. The summed E-state index contributed by atoms with van der Waals surface area (Å²) < 4.78 is 0. The SMILES string of the molecule is CCCC1=C([Si](C)(C)C2=C(CCC)Cc3cccc(-c4ccc(C(C)(C)C)cc4)c32)c2c(cccc2-c2ccc(C(C)(C)C)cc2)C1. The fourth-order valence-corrected chi connectivity index (χ4v) is 12.8. The smallest absolute Gasteiger partial charge is 0.0655 e. The highest BCUT2D eigenvalue weighted by atomic mass is 28.3. The normalized spacial score (nSPS) is 15.0. The summed E-state index contributed by atoms with van der Waals surface area (Å²) >= 11 is 0. The number of hydrogen-bond acceptors (Lipinski definition) is 0. The van der Waals surface area contributed by atoms with Crippen molar-refractivity contribution in [3.05, 3.63) is 129 Å². The Morgan fingerprint density at radius 2 is 0.872 bits per heavy atom. The minimum Gasteiger partial charge on any atom is -0.0655 e. The molecule has 0 fully saturated rings. The van der Waals surface area contributed by atoms with E-state index in [4.69, 9.17) is 0 Å². The Morgan fingerprint density at radius 1 is 0.511 bits per heavy atom. The van der Waals surface area contributed by atoms with Crippen molar-refractivity contribution in [2.24, 2.45) is 0 Å². The first kappa shape index (κ1) is 33.5. The van der Waals surface area contributed by atoms with E-state index in [1.165, 1.54) is 70.2 Å². The van der Waals surface area contributed by atoms with Crippen LogP contribution in [0, 0.1) is 0 Å². The lowest BCUT2D eigenvalue weighted by Gasteiger charge is -2.33. The van der Waals surface area contributed by atoms with Crippen LogP contribution in [0.2, 0.25) is 13.1 Å². The summed E-state index contributed by atoms with van der Waals surface area (Å²) in [6.45, 7) is 23.9. The minimum atomic E-state index is -2.19. The second-order valence-electron chi connectivity index (χ2n) is 16.8. The van der Waals surface area contributed by atoms with Gasteiger partial charge in [-0.3, -0.25) is 0 Å². The standard InChI is InChI=1S/C46H56Si/c1-11-15-35-29-33-17-13-19-39(31-21-25-37(26-22-31)45(3,4)5)41(33)43(35)47(9,10)44-36(16-12-2)30-34-18-14-20-40(42(34)44)32-23-27-38(28-24-32)46(6,7)8/h13-14,17-28H,11-12,15-16,29-30H2,1-10H3. The van der Waals surface area contributed by atoms with E-state index in [0.29, 0.717) is 0 Å². The zero-order chi connectivity index (χ0) is 33.7. The molecule has 0 radical (unpaired) electrons. The third kappa shape index (κ3) is 6.17. The van der Waals surface area contributed by atoms with Crippen LogP contribution in [-0.2, 0) is 23.7 Å². The first-order valence-electron chi connectivity index (χ1n) is 18.2. The van der Waals surface area contributed by atoms with Crippen molar-refractivity contribution in [2.75, 3.05) is 0 Å². The Bertz CT molecular complexity index is 1710. The first-order valence-corrected chi connectivity index (χ1v) is 21.2. The average molecular weight is 637 g/mol. The van der Waals surface area contributed by atoms with Gasteiger partial charge in [0.25, 0.3) is 0 Å². The number of hydrogen-bond donors (Lipinski definition) is 0. The quantitative estimate of drug-likeness (QED) is 0.169. The zero-order valence-electron chi connectivity index (χ0n) is 30.8. The summed E-state index contributed by atoms with van der Waals surface area (Å²) in [4.78, 5) is 0. The number of allylic oxidation sites excluding steroid dienone is 2. The Kier molecular flexibility index (Phi) is 8.94. The van der Waals surface area contributed by atoms with Crippen molar-refractivity contribution >= 4 is 18.5 Å².